The average molecular weight is 283 g/mol. The number of ketones is 1. The van der Waals surface area contributed by atoms with Gasteiger partial charge in [0, 0.05) is 0 Å². The fourth-order valence-electron chi connectivity index (χ4n) is 2.55. The lowest BCUT2D eigenvalue weighted by atomic mass is 9.94. The summed E-state index contributed by atoms with van der Waals surface area (Å²) in [7, 11) is 1.58. The Kier molecular flexibility index (Phi) is 4.76. The fraction of sp³-hybridized carbons (Fsp3) is 0.278. The van der Waals surface area contributed by atoms with Gasteiger partial charge in [-0.3, -0.25) is 4.79 Å². The largest absolute Gasteiger partial charge is 0.496 e. The third-order valence-electron chi connectivity index (χ3n) is 3.55. The highest BCUT2D eigenvalue weighted by molar-refractivity contribution is 6.03. The van der Waals surface area contributed by atoms with Crippen LogP contribution < -0.4 is 10.5 Å². The molecule has 2 aromatic rings. The van der Waals surface area contributed by atoms with E-state index in [0.29, 0.717) is 17.7 Å². The predicted octanol–water partition coefficient (Wildman–Crippen LogP) is 3.06. The summed E-state index contributed by atoms with van der Waals surface area (Å²) >= 11 is 0. The Morgan fingerprint density at radius 2 is 1.86 bits per heavy atom. The first kappa shape index (κ1) is 15.3. The SMILES string of the molecule is COc1cc(C)cc(C)c1C(=O)C(N)Cc1ccccc1. The molecule has 0 aliphatic carbocycles. The van der Waals surface area contributed by atoms with Crippen LogP contribution in [0, 0.1) is 13.8 Å². The minimum Gasteiger partial charge on any atom is -0.496 e. The minimum atomic E-state index is -0.567. The van der Waals surface area contributed by atoms with Gasteiger partial charge in [0.15, 0.2) is 5.78 Å². The maximum absolute atomic E-state index is 12.7. The molecule has 0 amide bonds. The van der Waals surface area contributed by atoms with Crippen molar-refractivity contribution in [1.82, 2.24) is 0 Å². The van der Waals surface area contributed by atoms with Crippen molar-refractivity contribution in [3.63, 3.8) is 0 Å². The van der Waals surface area contributed by atoms with E-state index in [1.165, 1.54) is 0 Å². The zero-order valence-corrected chi connectivity index (χ0v) is 12.7. The van der Waals surface area contributed by atoms with Gasteiger partial charge in [-0.15, -0.1) is 0 Å². The maximum Gasteiger partial charge on any atom is 0.183 e. The molecular formula is C18H21NO2. The normalized spacial score (nSPS) is 12.0. The molecule has 0 aliphatic rings. The number of Topliss-reactive ketones (excluding diaryl/α,β-unsaturated/α-hetero) is 1. The Labute approximate surface area is 125 Å². The molecule has 0 aromatic heterocycles. The molecule has 2 rings (SSSR count). The molecular weight excluding hydrogens is 262 g/mol. The van der Waals surface area contributed by atoms with Crippen molar-refractivity contribution in [3.8, 4) is 5.75 Å². The molecule has 1 unspecified atom stereocenters. The summed E-state index contributed by atoms with van der Waals surface area (Å²) in [5.41, 5.74) is 9.72. The van der Waals surface area contributed by atoms with Crippen LogP contribution in [0.25, 0.3) is 0 Å². The van der Waals surface area contributed by atoms with Crippen LogP contribution in [-0.4, -0.2) is 18.9 Å². The van der Waals surface area contributed by atoms with Gasteiger partial charge in [0.25, 0.3) is 0 Å². The van der Waals surface area contributed by atoms with Crippen molar-refractivity contribution in [3.05, 3.63) is 64.7 Å². The monoisotopic (exact) mass is 283 g/mol. The van der Waals surface area contributed by atoms with E-state index in [1.54, 1.807) is 7.11 Å². The van der Waals surface area contributed by atoms with Gasteiger partial charge in [0.05, 0.1) is 18.7 Å². The van der Waals surface area contributed by atoms with Gasteiger partial charge in [-0.2, -0.15) is 0 Å². The number of nitrogens with two attached hydrogens (primary N) is 1. The van der Waals surface area contributed by atoms with E-state index in [1.807, 2.05) is 56.3 Å². The molecule has 2 aromatic carbocycles. The van der Waals surface area contributed by atoms with Gasteiger partial charge in [0.1, 0.15) is 5.75 Å². The van der Waals surface area contributed by atoms with Crippen LogP contribution in [0.5, 0.6) is 5.75 Å². The average Bonchev–Trinajstić information content (AvgIpc) is 2.46. The number of benzene rings is 2. The number of ether oxygens (including phenoxy) is 1. The molecule has 0 bridgehead atoms. The summed E-state index contributed by atoms with van der Waals surface area (Å²) in [6, 6.07) is 13.1. The Balaban J connectivity index is 2.27. The fourth-order valence-corrected chi connectivity index (χ4v) is 2.55. The van der Waals surface area contributed by atoms with Crippen LogP contribution in [-0.2, 0) is 6.42 Å². The van der Waals surface area contributed by atoms with Gasteiger partial charge < -0.3 is 10.5 Å². The van der Waals surface area contributed by atoms with Crippen LogP contribution in [0.1, 0.15) is 27.0 Å². The lowest BCUT2D eigenvalue weighted by molar-refractivity contribution is 0.0957. The summed E-state index contributed by atoms with van der Waals surface area (Å²) in [6.45, 7) is 3.89. The predicted molar refractivity (Wildman–Crippen MR) is 84.9 cm³/mol. The summed E-state index contributed by atoms with van der Waals surface area (Å²) in [5.74, 6) is 0.522. The highest BCUT2D eigenvalue weighted by atomic mass is 16.5. The number of hydrogen-bond donors (Lipinski definition) is 1. The van der Waals surface area contributed by atoms with Crippen LogP contribution in [0.15, 0.2) is 42.5 Å². The number of carbonyl (C=O) groups is 1. The number of hydrogen-bond acceptors (Lipinski definition) is 3. The molecule has 110 valence electrons. The molecule has 0 fully saturated rings. The maximum atomic E-state index is 12.7. The second-order valence-corrected chi connectivity index (χ2v) is 5.32. The molecule has 0 saturated heterocycles. The Bertz CT molecular complexity index is 635. The zero-order valence-electron chi connectivity index (χ0n) is 12.7. The van der Waals surface area contributed by atoms with Gasteiger partial charge >= 0.3 is 0 Å². The number of aryl methyl sites for hydroxylation is 2. The van der Waals surface area contributed by atoms with E-state index in [4.69, 9.17) is 10.5 Å². The summed E-state index contributed by atoms with van der Waals surface area (Å²) in [4.78, 5) is 12.7. The molecule has 0 heterocycles. The Morgan fingerprint density at radius 1 is 1.19 bits per heavy atom. The van der Waals surface area contributed by atoms with E-state index >= 15 is 0 Å². The number of rotatable bonds is 5. The van der Waals surface area contributed by atoms with Crippen LogP contribution in [0.2, 0.25) is 0 Å². The standard InChI is InChI=1S/C18H21NO2/c1-12-9-13(2)17(16(10-12)21-3)18(20)15(19)11-14-7-5-4-6-8-14/h4-10,15H,11,19H2,1-3H3. The van der Waals surface area contributed by atoms with E-state index in [9.17, 15) is 4.79 Å². The van der Waals surface area contributed by atoms with Crippen molar-refractivity contribution in [2.45, 2.75) is 26.3 Å². The topological polar surface area (TPSA) is 52.3 Å². The highest BCUT2D eigenvalue weighted by Crippen LogP contribution is 2.25. The van der Waals surface area contributed by atoms with Gasteiger partial charge in [-0.05, 0) is 43.0 Å². The van der Waals surface area contributed by atoms with Crippen molar-refractivity contribution >= 4 is 5.78 Å². The van der Waals surface area contributed by atoms with Crippen molar-refractivity contribution in [2.75, 3.05) is 7.11 Å². The molecule has 2 N–H and O–H groups in total. The van der Waals surface area contributed by atoms with Crippen molar-refractivity contribution in [2.24, 2.45) is 5.73 Å². The molecule has 1 atom stereocenters. The first-order chi connectivity index (χ1) is 10.0. The summed E-state index contributed by atoms with van der Waals surface area (Å²) in [6.07, 6.45) is 0.524. The minimum absolute atomic E-state index is 0.0757. The number of carbonyl (C=O) groups excluding carboxylic acids is 1. The van der Waals surface area contributed by atoms with Gasteiger partial charge in [-0.1, -0.05) is 36.4 Å². The third kappa shape index (κ3) is 3.50. The first-order valence-corrected chi connectivity index (χ1v) is 7.02. The molecule has 21 heavy (non-hydrogen) atoms. The quantitative estimate of drug-likeness (QED) is 0.858. The van der Waals surface area contributed by atoms with Crippen LogP contribution in [0.4, 0.5) is 0 Å². The van der Waals surface area contributed by atoms with Crippen LogP contribution in [0.3, 0.4) is 0 Å². The smallest absolute Gasteiger partial charge is 0.183 e. The lowest BCUT2D eigenvalue weighted by Gasteiger charge is -2.16. The molecule has 0 spiro atoms. The first-order valence-electron chi connectivity index (χ1n) is 7.02. The van der Waals surface area contributed by atoms with E-state index in [-0.39, 0.29) is 5.78 Å². The van der Waals surface area contributed by atoms with Crippen molar-refractivity contribution < 1.29 is 9.53 Å². The van der Waals surface area contributed by atoms with E-state index in [2.05, 4.69) is 0 Å². The van der Waals surface area contributed by atoms with Crippen molar-refractivity contribution in [1.29, 1.82) is 0 Å². The molecule has 3 nitrogen and oxygen atoms in total. The molecule has 0 aliphatic heterocycles. The second kappa shape index (κ2) is 6.55. The lowest BCUT2D eigenvalue weighted by Crippen LogP contribution is -2.33. The molecule has 0 saturated carbocycles. The van der Waals surface area contributed by atoms with E-state index < -0.39 is 6.04 Å². The second-order valence-electron chi connectivity index (χ2n) is 5.32. The Morgan fingerprint density at radius 3 is 2.48 bits per heavy atom. The highest BCUT2D eigenvalue weighted by Gasteiger charge is 2.22. The van der Waals surface area contributed by atoms with Gasteiger partial charge in [0.2, 0.25) is 0 Å². The molecule has 0 radical (unpaired) electrons. The van der Waals surface area contributed by atoms with E-state index in [0.717, 1.165) is 16.7 Å². The Hall–Kier alpha value is -2.13. The number of methoxy groups -OCH3 is 1. The van der Waals surface area contributed by atoms with Gasteiger partial charge in [-0.25, -0.2) is 0 Å². The third-order valence-corrected chi connectivity index (χ3v) is 3.55. The van der Waals surface area contributed by atoms with Crippen LogP contribution >= 0.6 is 0 Å². The zero-order chi connectivity index (χ0) is 15.4. The summed E-state index contributed by atoms with van der Waals surface area (Å²) in [5, 5.41) is 0. The molecule has 3 heteroatoms. The summed E-state index contributed by atoms with van der Waals surface area (Å²) < 4.78 is 5.35.